The van der Waals surface area contributed by atoms with E-state index in [2.05, 4.69) is 92.2 Å². The summed E-state index contributed by atoms with van der Waals surface area (Å²) in [6.07, 6.45) is 1.84. The third-order valence-corrected chi connectivity index (χ3v) is 5.15. The van der Waals surface area contributed by atoms with E-state index in [9.17, 15) is 0 Å². The highest BCUT2D eigenvalue weighted by Crippen LogP contribution is 2.39. The third-order valence-electron chi connectivity index (χ3n) is 4.69. The molecule has 0 saturated carbocycles. The number of fused-ring (bicyclic) bond motifs is 3. The van der Waals surface area contributed by atoms with Crippen LogP contribution in [0.15, 0.2) is 95.6 Å². The zero-order chi connectivity index (χ0) is 17.5. The predicted octanol–water partition coefficient (Wildman–Crippen LogP) is 6.61. The number of rotatable bonds is 2. The SMILES string of the molecule is Brc1cc(-c2ccccn2)c2c(c1)c1ccccc1n2-c1ccccc1. The van der Waals surface area contributed by atoms with Gasteiger partial charge in [-0.15, -0.1) is 0 Å². The molecule has 0 amide bonds. The van der Waals surface area contributed by atoms with E-state index in [0.717, 1.165) is 21.4 Å². The van der Waals surface area contributed by atoms with Crippen LogP contribution in [0.5, 0.6) is 0 Å². The topological polar surface area (TPSA) is 17.8 Å². The van der Waals surface area contributed by atoms with E-state index in [4.69, 9.17) is 0 Å². The molecule has 0 N–H and O–H groups in total. The molecule has 26 heavy (non-hydrogen) atoms. The first kappa shape index (κ1) is 15.4. The zero-order valence-electron chi connectivity index (χ0n) is 13.9. The Morgan fingerprint density at radius 1 is 0.731 bits per heavy atom. The number of hydrogen-bond donors (Lipinski definition) is 0. The van der Waals surface area contributed by atoms with E-state index in [0.29, 0.717) is 0 Å². The standard InChI is InChI=1S/C23H15BrN2/c24-16-14-19-18-10-4-5-12-22(18)26(17-8-2-1-3-9-17)23(19)20(15-16)21-11-6-7-13-25-21/h1-15H. The molecule has 0 unspecified atom stereocenters. The van der Waals surface area contributed by atoms with Crippen molar-refractivity contribution < 1.29 is 0 Å². The molecule has 5 aromatic rings. The Morgan fingerprint density at radius 2 is 1.50 bits per heavy atom. The van der Waals surface area contributed by atoms with E-state index in [1.165, 1.54) is 21.8 Å². The van der Waals surface area contributed by atoms with Crippen molar-refractivity contribution >= 4 is 37.7 Å². The molecule has 2 nitrogen and oxygen atoms in total. The van der Waals surface area contributed by atoms with Crippen LogP contribution in [-0.4, -0.2) is 9.55 Å². The van der Waals surface area contributed by atoms with Crippen LogP contribution in [0.2, 0.25) is 0 Å². The predicted molar refractivity (Wildman–Crippen MR) is 112 cm³/mol. The van der Waals surface area contributed by atoms with E-state index in [1.54, 1.807) is 0 Å². The summed E-state index contributed by atoms with van der Waals surface area (Å²) in [4.78, 5) is 4.61. The average Bonchev–Trinajstić information content (AvgIpc) is 3.03. The zero-order valence-corrected chi connectivity index (χ0v) is 15.5. The van der Waals surface area contributed by atoms with Crippen molar-refractivity contribution in [1.29, 1.82) is 0 Å². The monoisotopic (exact) mass is 398 g/mol. The number of benzene rings is 3. The van der Waals surface area contributed by atoms with Gasteiger partial charge >= 0.3 is 0 Å². The van der Waals surface area contributed by atoms with Crippen molar-refractivity contribution in [3.05, 3.63) is 95.6 Å². The smallest absolute Gasteiger partial charge is 0.0723 e. The van der Waals surface area contributed by atoms with Crippen LogP contribution in [0.3, 0.4) is 0 Å². The summed E-state index contributed by atoms with van der Waals surface area (Å²) in [5.41, 5.74) is 5.62. The molecule has 2 aromatic heterocycles. The normalized spacial score (nSPS) is 11.3. The molecule has 0 atom stereocenters. The lowest BCUT2D eigenvalue weighted by Crippen LogP contribution is -1.95. The van der Waals surface area contributed by atoms with Crippen molar-refractivity contribution in [2.75, 3.05) is 0 Å². The molecule has 0 fully saturated rings. The fraction of sp³-hybridized carbons (Fsp3) is 0. The second-order valence-electron chi connectivity index (χ2n) is 6.25. The second-order valence-corrected chi connectivity index (χ2v) is 7.17. The van der Waals surface area contributed by atoms with E-state index < -0.39 is 0 Å². The Labute approximate surface area is 159 Å². The maximum atomic E-state index is 4.61. The first-order valence-electron chi connectivity index (χ1n) is 8.52. The lowest BCUT2D eigenvalue weighted by atomic mass is 10.1. The van der Waals surface area contributed by atoms with Crippen molar-refractivity contribution in [2.45, 2.75) is 0 Å². The fourth-order valence-corrected chi connectivity index (χ4v) is 4.08. The summed E-state index contributed by atoms with van der Waals surface area (Å²) in [5.74, 6) is 0. The van der Waals surface area contributed by atoms with Crippen LogP contribution in [0.4, 0.5) is 0 Å². The molecular formula is C23H15BrN2. The molecule has 3 aromatic carbocycles. The highest BCUT2D eigenvalue weighted by Gasteiger charge is 2.17. The van der Waals surface area contributed by atoms with Gasteiger partial charge in [0.2, 0.25) is 0 Å². The molecule has 0 radical (unpaired) electrons. The average molecular weight is 399 g/mol. The van der Waals surface area contributed by atoms with Crippen molar-refractivity contribution in [1.82, 2.24) is 9.55 Å². The largest absolute Gasteiger partial charge is 0.309 e. The van der Waals surface area contributed by atoms with Crippen LogP contribution in [0.1, 0.15) is 0 Å². The summed E-state index contributed by atoms with van der Waals surface area (Å²) in [6, 6.07) is 29.5. The summed E-state index contributed by atoms with van der Waals surface area (Å²) < 4.78 is 3.39. The summed E-state index contributed by atoms with van der Waals surface area (Å²) >= 11 is 3.69. The van der Waals surface area contributed by atoms with Crippen molar-refractivity contribution in [3.63, 3.8) is 0 Å². The Kier molecular flexibility index (Phi) is 3.61. The minimum Gasteiger partial charge on any atom is -0.309 e. The van der Waals surface area contributed by atoms with Crippen LogP contribution in [-0.2, 0) is 0 Å². The van der Waals surface area contributed by atoms with Crippen molar-refractivity contribution in [3.8, 4) is 16.9 Å². The van der Waals surface area contributed by atoms with Gasteiger partial charge in [-0.1, -0.05) is 58.4 Å². The molecule has 0 saturated heterocycles. The molecule has 0 aliphatic rings. The van der Waals surface area contributed by atoms with Crippen LogP contribution in [0, 0.1) is 0 Å². The fourth-order valence-electron chi connectivity index (χ4n) is 3.62. The second kappa shape index (κ2) is 6.11. The Morgan fingerprint density at radius 3 is 2.31 bits per heavy atom. The molecule has 0 bridgehead atoms. The third kappa shape index (κ3) is 2.36. The van der Waals surface area contributed by atoms with Gasteiger partial charge in [-0.25, -0.2) is 0 Å². The van der Waals surface area contributed by atoms with Crippen LogP contribution >= 0.6 is 15.9 Å². The number of hydrogen-bond acceptors (Lipinski definition) is 1. The molecule has 0 aliphatic carbocycles. The van der Waals surface area contributed by atoms with E-state index >= 15 is 0 Å². The first-order valence-corrected chi connectivity index (χ1v) is 9.32. The van der Waals surface area contributed by atoms with Crippen molar-refractivity contribution in [2.24, 2.45) is 0 Å². The summed E-state index contributed by atoms with van der Waals surface area (Å²) in [5, 5.41) is 2.46. The number of para-hydroxylation sites is 2. The van der Waals surface area contributed by atoms with Gasteiger partial charge in [-0.3, -0.25) is 4.98 Å². The van der Waals surface area contributed by atoms with E-state index in [1.807, 2.05) is 24.4 Å². The van der Waals surface area contributed by atoms with Gasteiger partial charge in [-0.05, 0) is 42.5 Å². The van der Waals surface area contributed by atoms with Gasteiger partial charge in [0.25, 0.3) is 0 Å². The van der Waals surface area contributed by atoms with Gasteiger partial charge in [0.15, 0.2) is 0 Å². The van der Waals surface area contributed by atoms with Crippen LogP contribution in [0.25, 0.3) is 38.8 Å². The number of aromatic nitrogens is 2. The van der Waals surface area contributed by atoms with Gasteiger partial charge in [0.1, 0.15) is 0 Å². The van der Waals surface area contributed by atoms with Gasteiger partial charge in [0.05, 0.1) is 16.7 Å². The molecule has 124 valence electrons. The highest BCUT2D eigenvalue weighted by molar-refractivity contribution is 9.10. The number of halogens is 1. The van der Waals surface area contributed by atoms with Crippen LogP contribution < -0.4 is 0 Å². The minimum absolute atomic E-state index is 0.971. The molecule has 5 rings (SSSR count). The Bertz CT molecular complexity index is 1230. The van der Waals surface area contributed by atoms with Gasteiger partial charge in [-0.2, -0.15) is 0 Å². The lowest BCUT2D eigenvalue weighted by Gasteiger charge is -2.11. The Balaban J connectivity index is 2.02. The molecule has 2 heterocycles. The highest BCUT2D eigenvalue weighted by atomic mass is 79.9. The lowest BCUT2D eigenvalue weighted by molar-refractivity contribution is 1.18. The summed E-state index contributed by atoms with van der Waals surface area (Å²) in [6.45, 7) is 0. The maximum Gasteiger partial charge on any atom is 0.0723 e. The molecule has 0 spiro atoms. The minimum atomic E-state index is 0.971. The first-order chi connectivity index (χ1) is 12.8. The number of pyridine rings is 1. The molecular weight excluding hydrogens is 384 g/mol. The maximum absolute atomic E-state index is 4.61. The van der Waals surface area contributed by atoms with Gasteiger partial charge in [0, 0.05) is 32.7 Å². The molecule has 0 aliphatic heterocycles. The molecule has 3 heteroatoms. The summed E-state index contributed by atoms with van der Waals surface area (Å²) in [7, 11) is 0. The quantitative estimate of drug-likeness (QED) is 0.327. The Hall–Kier alpha value is -2.91. The van der Waals surface area contributed by atoms with Gasteiger partial charge < -0.3 is 4.57 Å². The van der Waals surface area contributed by atoms with E-state index in [-0.39, 0.29) is 0 Å². The number of nitrogens with zero attached hydrogens (tertiary/aromatic N) is 2.